The highest BCUT2D eigenvalue weighted by molar-refractivity contribution is 7.99. The van der Waals surface area contributed by atoms with E-state index >= 15 is 0 Å². The molecule has 3 aromatic carbocycles. The summed E-state index contributed by atoms with van der Waals surface area (Å²) in [5.74, 6) is 0. The first-order chi connectivity index (χ1) is 18.2. The fourth-order valence-corrected chi connectivity index (χ4v) is 6.72. The average Bonchev–Trinajstić information content (AvgIpc) is 3.38. The van der Waals surface area contributed by atoms with Gasteiger partial charge in [0.05, 0.1) is 30.4 Å². The van der Waals surface area contributed by atoms with Gasteiger partial charge in [-0.1, -0.05) is 41.4 Å². The van der Waals surface area contributed by atoms with Gasteiger partial charge >= 0.3 is 0 Å². The average molecular weight is 592 g/mol. The zero-order valence-electron chi connectivity index (χ0n) is 19.5. The van der Waals surface area contributed by atoms with Crippen LogP contribution in [0.3, 0.4) is 0 Å². The van der Waals surface area contributed by atoms with Crippen LogP contribution in [0.2, 0.25) is 10.0 Å². The second-order valence-corrected chi connectivity index (χ2v) is 11.9. The van der Waals surface area contributed by atoms with Crippen LogP contribution >= 0.6 is 35.0 Å². The number of nitro groups is 1. The first-order valence-corrected chi connectivity index (χ1v) is 14.3. The third-order valence-electron chi connectivity index (χ3n) is 5.92. The van der Waals surface area contributed by atoms with Crippen molar-refractivity contribution < 1.29 is 13.3 Å². The van der Waals surface area contributed by atoms with Crippen molar-refractivity contribution in [1.82, 2.24) is 24.5 Å². The van der Waals surface area contributed by atoms with E-state index in [-0.39, 0.29) is 33.7 Å². The molecule has 5 rings (SSSR count). The topological polar surface area (TPSA) is 127 Å². The molecule has 0 spiro atoms. The number of halogens is 2. The lowest BCUT2D eigenvalue weighted by atomic mass is 10.2. The van der Waals surface area contributed by atoms with E-state index in [4.69, 9.17) is 23.2 Å². The molecule has 38 heavy (non-hydrogen) atoms. The molecule has 1 saturated heterocycles. The maximum atomic E-state index is 13.1. The van der Waals surface area contributed by atoms with Gasteiger partial charge in [0.15, 0.2) is 0 Å². The van der Waals surface area contributed by atoms with Crippen molar-refractivity contribution in [2.45, 2.75) is 14.9 Å². The molecule has 0 saturated carbocycles. The lowest BCUT2D eigenvalue weighted by molar-refractivity contribution is -0.387. The molecule has 0 radical (unpaired) electrons. The number of benzene rings is 3. The molecule has 15 heteroatoms. The summed E-state index contributed by atoms with van der Waals surface area (Å²) in [7, 11) is -3.75. The van der Waals surface area contributed by atoms with Crippen molar-refractivity contribution in [1.29, 1.82) is 0 Å². The molecule has 11 nitrogen and oxygen atoms in total. The number of nitro benzene ring substituents is 1. The van der Waals surface area contributed by atoms with Crippen LogP contribution in [0.25, 0.3) is 5.69 Å². The molecule has 2 heterocycles. The zero-order valence-corrected chi connectivity index (χ0v) is 22.7. The van der Waals surface area contributed by atoms with E-state index in [1.807, 2.05) is 35.2 Å². The number of hydrogen-bond donors (Lipinski definition) is 0. The van der Waals surface area contributed by atoms with E-state index < -0.39 is 14.9 Å². The van der Waals surface area contributed by atoms with E-state index in [1.165, 1.54) is 33.3 Å². The van der Waals surface area contributed by atoms with E-state index in [0.717, 1.165) is 23.1 Å². The number of anilines is 1. The Kier molecular flexibility index (Phi) is 7.54. The van der Waals surface area contributed by atoms with Crippen LogP contribution in [0.5, 0.6) is 0 Å². The highest BCUT2D eigenvalue weighted by Crippen LogP contribution is 2.37. The largest absolute Gasteiger partial charge is 0.369 e. The lowest BCUT2D eigenvalue weighted by Crippen LogP contribution is -2.48. The highest BCUT2D eigenvalue weighted by atomic mass is 35.5. The van der Waals surface area contributed by atoms with Crippen LogP contribution in [0.1, 0.15) is 0 Å². The monoisotopic (exact) mass is 591 g/mol. The van der Waals surface area contributed by atoms with Crippen LogP contribution in [0.4, 0.5) is 11.4 Å². The van der Waals surface area contributed by atoms with Crippen LogP contribution in [-0.2, 0) is 10.0 Å². The summed E-state index contributed by atoms with van der Waals surface area (Å²) in [6, 6.07) is 18.2. The lowest BCUT2D eigenvalue weighted by Gasteiger charge is -2.35. The second-order valence-electron chi connectivity index (χ2n) is 8.19. The molecular formula is C23H19Cl2N7O4S2. The van der Waals surface area contributed by atoms with Gasteiger partial charge in [-0.25, -0.2) is 8.42 Å². The van der Waals surface area contributed by atoms with Gasteiger partial charge in [0.25, 0.3) is 5.69 Å². The van der Waals surface area contributed by atoms with Gasteiger partial charge in [0.1, 0.15) is 0 Å². The number of rotatable bonds is 7. The van der Waals surface area contributed by atoms with Crippen molar-refractivity contribution in [3.8, 4) is 5.69 Å². The summed E-state index contributed by atoms with van der Waals surface area (Å²) in [5.41, 5.74) is 1.36. The number of tetrazole rings is 1. The van der Waals surface area contributed by atoms with Gasteiger partial charge in [-0.2, -0.15) is 8.99 Å². The fourth-order valence-electron chi connectivity index (χ4n) is 3.98. The molecule has 0 unspecified atom stereocenters. The number of aromatic nitrogens is 4. The Morgan fingerprint density at radius 1 is 0.895 bits per heavy atom. The first-order valence-electron chi connectivity index (χ1n) is 11.2. The molecule has 1 fully saturated rings. The van der Waals surface area contributed by atoms with E-state index in [0.29, 0.717) is 23.1 Å². The van der Waals surface area contributed by atoms with Crippen LogP contribution in [0, 0.1) is 10.1 Å². The smallest absolute Gasteiger partial charge is 0.283 e. The predicted molar refractivity (Wildman–Crippen MR) is 144 cm³/mol. The van der Waals surface area contributed by atoms with Crippen molar-refractivity contribution in [2.75, 3.05) is 31.1 Å². The predicted octanol–water partition coefficient (Wildman–Crippen LogP) is 4.54. The zero-order chi connectivity index (χ0) is 26.9. The molecule has 0 N–H and O–H groups in total. The molecule has 4 aromatic rings. The van der Waals surface area contributed by atoms with Crippen molar-refractivity contribution >= 4 is 56.4 Å². The maximum Gasteiger partial charge on any atom is 0.283 e. The van der Waals surface area contributed by atoms with Crippen LogP contribution < -0.4 is 4.90 Å². The van der Waals surface area contributed by atoms with Gasteiger partial charge in [-0.15, -0.1) is 5.10 Å². The molecule has 0 bridgehead atoms. The van der Waals surface area contributed by atoms with Gasteiger partial charge in [-0.3, -0.25) is 10.1 Å². The molecule has 1 aliphatic heterocycles. The summed E-state index contributed by atoms with van der Waals surface area (Å²) in [5, 5.41) is 24.4. The summed E-state index contributed by atoms with van der Waals surface area (Å²) < 4.78 is 29.1. The second kappa shape index (κ2) is 10.9. The SMILES string of the molecule is O=[N+]([O-])c1ccc(N2CCN(S(=O)(=O)c3ccc(Cl)c(Cl)c3)CC2)cc1Sc1nnnn1-c1ccccc1. The molecule has 0 aliphatic carbocycles. The van der Waals surface area contributed by atoms with Crippen molar-refractivity contribution in [3.05, 3.63) is 86.9 Å². The standard InChI is InChI=1S/C23H19Cl2N7O4S2/c24-19-8-7-18(15-20(19)25)38(35,36)30-12-10-29(11-13-30)17-6-9-21(32(33)34)22(14-17)37-23-26-27-28-31(23)16-4-2-1-3-5-16/h1-9,14-15H,10-13H2. The van der Waals surface area contributed by atoms with Gasteiger partial charge in [-0.05, 0) is 64.7 Å². The minimum atomic E-state index is -3.75. The third kappa shape index (κ3) is 5.33. The molecule has 1 aromatic heterocycles. The van der Waals surface area contributed by atoms with Crippen molar-refractivity contribution in [2.24, 2.45) is 0 Å². The Hall–Kier alpha value is -3.23. The maximum absolute atomic E-state index is 13.1. The third-order valence-corrected chi connectivity index (χ3v) is 9.53. The van der Waals surface area contributed by atoms with E-state index in [1.54, 1.807) is 12.1 Å². The van der Waals surface area contributed by atoms with Gasteiger partial charge in [0, 0.05) is 37.9 Å². The number of para-hydroxylation sites is 1. The molecule has 1 aliphatic rings. The summed E-state index contributed by atoms with van der Waals surface area (Å²) >= 11 is 13.0. The normalized spacial score (nSPS) is 14.5. The molecular weight excluding hydrogens is 573 g/mol. The van der Waals surface area contributed by atoms with Crippen molar-refractivity contribution in [3.63, 3.8) is 0 Å². The van der Waals surface area contributed by atoms with Crippen LogP contribution in [-0.4, -0.2) is 64.0 Å². The molecule has 196 valence electrons. The number of sulfonamides is 1. The summed E-state index contributed by atoms with van der Waals surface area (Å²) in [6.45, 7) is 1.25. The Morgan fingerprint density at radius 3 is 2.32 bits per heavy atom. The quantitative estimate of drug-likeness (QED) is 0.225. The Morgan fingerprint density at radius 2 is 1.63 bits per heavy atom. The van der Waals surface area contributed by atoms with E-state index in [9.17, 15) is 18.5 Å². The molecule has 0 atom stereocenters. The minimum absolute atomic E-state index is 0.0745. The highest BCUT2D eigenvalue weighted by Gasteiger charge is 2.30. The number of hydrogen-bond acceptors (Lipinski definition) is 9. The summed E-state index contributed by atoms with van der Waals surface area (Å²) in [4.78, 5) is 13.7. The Balaban J connectivity index is 1.36. The fraction of sp³-hybridized carbons (Fsp3) is 0.174. The van der Waals surface area contributed by atoms with Gasteiger partial charge in [0.2, 0.25) is 15.2 Å². The number of nitrogens with zero attached hydrogens (tertiary/aromatic N) is 7. The first kappa shape index (κ1) is 26.4. The Bertz CT molecular complexity index is 1590. The number of piperazine rings is 1. The minimum Gasteiger partial charge on any atom is -0.369 e. The summed E-state index contributed by atoms with van der Waals surface area (Å²) in [6.07, 6.45) is 0. The van der Waals surface area contributed by atoms with E-state index in [2.05, 4.69) is 15.5 Å². The molecule has 0 amide bonds. The van der Waals surface area contributed by atoms with Crippen LogP contribution in [0.15, 0.2) is 81.7 Å². The van der Waals surface area contributed by atoms with Gasteiger partial charge < -0.3 is 4.90 Å². The Labute approximate surface area is 232 Å².